The van der Waals surface area contributed by atoms with Crippen molar-refractivity contribution in [1.29, 1.82) is 0 Å². The van der Waals surface area contributed by atoms with E-state index in [2.05, 4.69) is 10.6 Å². The van der Waals surface area contributed by atoms with E-state index >= 15 is 0 Å². The van der Waals surface area contributed by atoms with Crippen LogP contribution in [0.3, 0.4) is 0 Å². The molecule has 37 heavy (non-hydrogen) atoms. The molecule has 0 heterocycles. The molecule has 2 atom stereocenters. The largest absolute Gasteiger partial charge is 0.444 e. The summed E-state index contributed by atoms with van der Waals surface area (Å²) in [5.41, 5.74) is 1.18. The SMILES string of the molecule is Cc1cccc(C(C(=O)NC2CCCCC2)N(C(=O)C(CC(C)C)NC(=O)OC(C)(C)C)C2CCC2)c1. The summed E-state index contributed by atoms with van der Waals surface area (Å²) in [6, 6.07) is 6.47. The summed E-state index contributed by atoms with van der Waals surface area (Å²) in [4.78, 5) is 42.7. The molecule has 0 aliphatic heterocycles. The zero-order valence-corrected chi connectivity index (χ0v) is 23.6. The molecule has 2 N–H and O–H groups in total. The topological polar surface area (TPSA) is 87.7 Å². The van der Waals surface area contributed by atoms with Crippen molar-refractivity contribution >= 4 is 17.9 Å². The van der Waals surface area contributed by atoms with Gasteiger partial charge < -0.3 is 20.3 Å². The number of amides is 3. The zero-order valence-electron chi connectivity index (χ0n) is 23.6. The molecule has 3 rings (SSSR count). The quantitative estimate of drug-likeness (QED) is 0.436. The lowest BCUT2D eigenvalue weighted by atomic mass is 9.87. The molecule has 0 radical (unpaired) electrons. The Morgan fingerprint density at radius 1 is 1.03 bits per heavy atom. The maximum Gasteiger partial charge on any atom is 0.408 e. The third kappa shape index (κ3) is 8.47. The van der Waals surface area contributed by atoms with Gasteiger partial charge in [-0.2, -0.15) is 0 Å². The number of hydrogen-bond acceptors (Lipinski definition) is 4. The average Bonchev–Trinajstić information content (AvgIpc) is 2.75. The molecular weight excluding hydrogens is 466 g/mol. The van der Waals surface area contributed by atoms with Crippen molar-refractivity contribution in [3.8, 4) is 0 Å². The molecule has 7 heteroatoms. The number of nitrogens with one attached hydrogen (secondary N) is 2. The second kappa shape index (κ2) is 12.8. The molecule has 0 aromatic heterocycles. The number of nitrogens with zero attached hydrogens (tertiary/aromatic N) is 1. The van der Waals surface area contributed by atoms with Crippen LogP contribution in [0.4, 0.5) is 4.79 Å². The molecule has 2 saturated carbocycles. The Morgan fingerprint density at radius 2 is 1.70 bits per heavy atom. The Kier molecular flexibility index (Phi) is 10.0. The molecule has 0 bridgehead atoms. The maximum absolute atomic E-state index is 14.3. The number of benzene rings is 1. The fourth-order valence-electron chi connectivity index (χ4n) is 5.31. The first-order valence-electron chi connectivity index (χ1n) is 14.1. The lowest BCUT2D eigenvalue weighted by Gasteiger charge is -2.44. The Bertz CT molecular complexity index is 929. The van der Waals surface area contributed by atoms with Gasteiger partial charge in [-0.15, -0.1) is 0 Å². The van der Waals surface area contributed by atoms with E-state index in [9.17, 15) is 14.4 Å². The molecule has 2 unspecified atom stereocenters. The van der Waals surface area contributed by atoms with Crippen LogP contribution in [0.2, 0.25) is 0 Å². The van der Waals surface area contributed by atoms with Gasteiger partial charge in [0, 0.05) is 12.1 Å². The minimum Gasteiger partial charge on any atom is -0.444 e. The van der Waals surface area contributed by atoms with Gasteiger partial charge in [0.1, 0.15) is 17.7 Å². The van der Waals surface area contributed by atoms with Crippen LogP contribution in [0.1, 0.15) is 110 Å². The summed E-state index contributed by atoms with van der Waals surface area (Å²) in [7, 11) is 0. The molecule has 0 spiro atoms. The highest BCUT2D eigenvalue weighted by molar-refractivity contribution is 5.92. The number of carbonyl (C=O) groups is 3. The van der Waals surface area contributed by atoms with Crippen LogP contribution in [0, 0.1) is 12.8 Å². The smallest absolute Gasteiger partial charge is 0.408 e. The maximum atomic E-state index is 14.3. The van der Waals surface area contributed by atoms with E-state index in [0.717, 1.165) is 56.1 Å². The predicted octanol–water partition coefficient (Wildman–Crippen LogP) is 5.81. The van der Waals surface area contributed by atoms with Crippen molar-refractivity contribution in [2.75, 3.05) is 0 Å². The third-order valence-electron chi connectivity index (χ3n) is 7.25. The number of aryl methyl sites for hydroxylation is 1. The number of carbonyl (C=O) groups excluding carboxylic acids is 3. The van der Waals surface area contributed by atoms with Crippen LogP contribution in [0.25, 0.3) is 0 Å². The van der Waals surface area contributed by atoms with E-state index in [1.165, 1.54) is 6.42 Å². The molecule has 0 saturated heterocycles. The highest BCUT2D eigenvalue weighted by atomic mass is 16.6. The summed E-state index contributed by atoms with van der Waals surface area (Å²) in [5.74, 6) is -0.173. The molecular formula is C30H47N3O4. The second-order valence-electron chi connectivity index (χ2n) is 12.3. The number of hydrogen-bond donors (Lipinski definition) is 2. The standard InChI is InChI=1S/C30H47N3O4/c1-20(2)18-25(32-29(36)37-30(4,5)6)28(35)33(24-16-11-17-24)26(22-13-10-12-21(3)19-22)27(34)31-23-14-8-7-9-15-23/h10,12-13,19-20,23-26H,7-9,11,14-18H2,1-6H3,(H,31,34)(H,32,36). The highest BCUT2D eigenvalue weighted by Crippen LogP contribution is 2.35. The van der Waals surface area contributed by atoms with Gasteiger partial charge in [0.05, 0.1) is 0 Å². The van der Waals surface area contributed by atoms with Crippen LogP contribution < -0.4 is 10.6 Å². The first kappa shape index (κ1) is 29.0. The molecule has 2 aliphatic carbocycles. The van der Waals surface area contributed by atoms with Gasteiger partial charge in [0.15, 0.2) is 0 Å². The van der Waals surface area contributed by atoms with Gasteiger partial charge in [-0.05, 0) is 77.7 Å². The molecule has 1 aromatic carbocycles. The van der Waals surface area contributed by atoms with Crippen molar-refractivity contribution in [3.05, 3.63) is 35.4 Å². The van der Waals surface area contributed by atoms with Crippen LogP contribution in [0.5, 0.6) is 0 Å². The Hall–Kier alpha value is -2.57. The number of alkyl carbamates (subject to hydrolysis) is 1. The van der Waals surface area contributed by atoms with Crippen molar-refractivity contribution < 1.29 is 19.1 Å². The average molecular weight is 514 g/mol. The van der Waals surface area contributed by atoms with Crippen LogP contribution >= 0.6 is 0 Å². The minimum atomic E-state index is -0.773. The molecule has 3 amide bonds. The minimum absolute atomic E-state index is 0.0368. The summed E-state index contributed by atoms with van der Waals surface area (Å²) < 4.78 is 5.49. The highest BCUT2D eigenvalue weighted by Gasteiger charge is 2.42. The fourth-order valence-corrected chi connectivity index (χ4v) is 5.31. The van der Waals surface area contributed by atoms with Gasteiger partial charge in [-0.3, -0.25) is 9.59 Å². The van der Waals surface area contributed by atoms with E-state index < -0.39 is 23.8 Å². The summed E-state index contributed by atoms with van der Waals surface area (Å²) >= 11 is 0. The number of ether oxygens (including phenoxy) is 1. The zero-order chi connectivity index (χ0) is 27.2. The Balaban J connectivity index is 1.96. The normalized spacial score (nSPS) is 18.5. The predicted molar refractivity (Wildman–Crippen MR) is 146 cm³/mol. The summed E-state index contributed by atoms with van der Waals surface area (Å²) in [6.07, 6.45) is 7.95. The monoisotopic (exact) mass is 513 g/mol. The molecule has 1 aromatic rings. The van der Waals surface area contributed by atoms with Crippen molar-refractivity contribution in [2.45, 2.75) is 129 Å². The molecule has 2 aliphatic rings. The van der Waals surface area contributed by atoms with Gasteiger partial charge in [-0.1, -0.05) is 62.9 Å². The fraction of sp³-hybridized carbons (Fsp3) is 0.700. The lowest BCUT2D eigenvalue weighted by molar-refractivity contribution is -0.148. The Labute approximate surface area is 223 Å². The molecule has 206 valence electrons. The third-order valence-corrected chi connectivity index (χ3v) is 7.25. The summed E-state index contributed by atoms with van der Waals surface area (Å²) in [5, 5.41) is 6.12. The van der Waals surface area contributed by atoms with Gasteiger partial charge in [0.2, 0.25) is 11.8 Å². The molecule has 2 fully saturated rings. The van der Waals surface area contributed by atoms with Crippen molar-refractivity contribution in [2.24, 2.45) is 5.92 Å². The van der Waals surface area contributed by atoms with Crippen LogP contribution in [-0.4, -0.2) is 46.5 Å². The number of rotatable bonds is 9. The van der Waals surface area contributed by atoms with E-state index in [1.54, 1.807) is 25.7 Å². The first-order chi connectivity index (χ1) is 17.4. The van der Waals surface area contributed by atoms with E-state index in [1.807, 2.05) is 45.0 Å². The van der Waals surface area contributed by atoms with Crippen LogP contribution in [0.15, 0.2) is 24.3 Å². The van der Waals surface area contributed by atoms with Crippen molar-refractivity contribution in [3.63, 3.8) is 0 Å². The van der Waals surface area contributed by atoms with Gasteiger partial charge >= 0.3 is 6.09 Å². The van der Waals surface area contributed by atoms with Crippen molar-refractivity contribution in [1.82, 2.24) is 15.5 Å². The van der Waals surface area contributed by atoms with Gasteiger partial charge in [-0.25, -0.2) is 4.79 Å². The lowest BCUT2D eigenvalue weighted by Crippen LogP contribution is -2.58. The van der Waals surface area contributed by atoms with Gasteiger partial charge in [0.25, 0.3) is 0 Å². The second-order valence-corrected chi connectivity index (χ2v) is 12.3. The van der Waals surface area contributed by atoms with E-state index in [-0.39, 0.29) is 29.8 Å². The Morgan fingerprint density at radius 3 is 2.24 bits per heavy atom. The first-order valence-corrected chi connectivity index (χ1v) is 14.1. The molecule has 7 nitrogen and oxygen atoms in total. The van der Waals surface area contributed by atoms with E-state index in [0.29, 0.717) is 6.42 Å². The summed E-state index contributed by atoms with van der Waals surface area (Å²) in [6.45, 7) is 11.5. The van der Waals surface area contributed by atoms with E-state index in [4.69, 9.17) is 4.74 Å². The van der Waals surface area contributed by atoms with Crippen LogP contribution in [-0.2, 0) is 14.3 Å².